The van der Waals surface area contributed by atoms with Crippen LogP contribution in [0.25, 0.3) is 6.08 Å². The molecule has 0 saturated carbocycles. The summed E-state index contributed by atoms with van der Waals surface area (Å²) in [5, 5.41) is 17.2. The van der Waals surface area contributed by atoms with Crippen molar-refractivity contribution in [3.8, 4) is 12.1 Å². The average Bonchev–Trinajstić information content (AvgIpc) is 2.34. The zero-order valence-corrected chi connectivity index (χ0v) is 10.3. The predicted molar refractivity (Wildman–Crippen MR) is 65.5 cm³/mol. The minimum atomic E-state index is -0.403. The van der Waals surface area contributed by atoms with Gasteiger partial charge in [0.25, 0.3) is 0 Å². The van der Waals surface area contributed by atoms with Gasteiger partial charge in [0.05, 0.1) is 12.7 Å². The summed E-state index contributed by atoms with van der Waals surface area (Å²) in [7, 11) is 0. The number of halogens is 1. The van der Waals surface area contributed by atoms with E-state index >= 15 is 0 Å². The van der Waals surface area contributed by atoms with E-state index < -0.39 is 5.82 Å². The van der Waals surface area contributed by atoms with Crippen molar-refractivity contribution in [3.63, 3.8) is 0 Å². The van der Waals surface area contributed by atoms with E-state index in [0.717, 1.165) is 0 Å². The molecule has 0 atom stereocenters. The van der Waals surface area contributed by atoms with Gasteiger partial charge < -0.3 is 4.74 Å². The highest BCUT2D eigenvalue weighted by molar-refractivity contribution is 5.62. The standard InChI is InChI=1S/C14H13FN2O/c1-10(2)18-9-13-4-3-11(6-14(13)15)5-12(7-16)8-17/h3-6,10H,9H2,1-2H3. The molecule has 1 rings (SSSR count). The van der Waals surface area contributed by atoms with Crippen LogP contribution in [-0.2, 0) is 11.3 Å². The summed E-state index contributed by atoms with van der Waals surface area (Å²) in [6.07, 6.45) is 1.38. The molecule has 0 aliphatic rings. The van der Waals surface area contributed by atoms with Crippen molar-refractivity contribution in [1.82, 2.24) is 0 Å². The fraction of sp³-hybridized carbons (Fsp3) is 0.286. The molecule has 1 aromatic rings. The molecule has 0 unspecified atom stereocenters. The molecule has 1 aromatic carbocycles. The van der Waals surface area contributed by atoms with Crippen molar-refractivity contribution in [1.29, 1.82) is 10.5 Å². The van der Waals surface area contributed by atoms with E-state index in [1.807, 2.05) is 13.8 Å². The lowest BCUT2D eigenvalue weighted by Crippen LogP contribution is -2.03. The summed E-state index contributed by atoms with van der Waals surface area (Å²) < 4.78 is 19.0. The lowest BCUT2D eigenvalue weighted by Gasteiger charge is -2.08. The first kappa shape index (κ1) is 13.9. The second kappa shape index (κ2) is 6.54. The van der Waals surface area contributed by atoms with Gasteiger partial charge >= 0.3 is 0 Å². The zero-order valence-electron chi connectivity index (χ0n) is 10.3. The van der Waals surface area contributed by atoms with Gasteiger partial charge in [0.15, 0.2) is 0 Å². The van der Waals surface area contributed by atoms with E-state index in [2.05, 4.69) is 0 Å². The molecule has 92 valence electrons. The fourth-order valence-corrected chi connectivity index (χ4v) is 1.28. The summed E-state index contributed by atoms with van der Waals surface area (Å²) >= 11 is 0. The number of benzene rings is 1. The van der Waals surface area contributed by atoms with Crippen molar-refractivity contribution in [2.24, 2.45) is 0 Å². The van der Waals surface area contributed by atoms with E-state index in [1.165, 1.54) is 12.1 Å². The summed E-state index contributed by atoms with van der Waals surface area (Å²) in [5.74, 6) is -0.403. The first-order chi connectivity index (χ1) is 8.56. The highest BCUT2D eigenvalue weighted by Crippen LogP contribution is 2.14. The number of hydrogen-bond acceptors (Lipinski definition) is 3. The van der Waals surface area contributed by atoms with Crippen LogP contribution in [0, 0.1) is 28.5 Å². The Labute approximate surface area is 106 Å². The maximum Gasteiger partial charge on any atom is 0.130 e. The smallest absolute Gasteiger partial charge is 0.130 e. The predicted octanol–water partition coefficient (Wildman–Crippen LogP) is 3.18. The Bertz CT molecular complexity index is 520. The highest BCUT2D eigenvalue weighted by Gasteiger charge is 2.05. The van der Waals surface area contributed by atoms with Crippen LogP contribution >= 0.6 is 0 Å². The van der Waals surface area contributed by atoms with Crippen LogP contribution < -0.4 is 0 Å². The first-order valence-electron chi connectivity index (χ1n) is 5.48. The molecule has 0 fully saturated rings. The normalized spacial score (nSPS) is 9.67. The zero-order chi connectivity index (χ0) is 13.5. The Morgan fingerprint density at radius 3 is 2.56 bits per heavy atom. The molecule has 0 spiro atoms. The molecule has 4 heteroatoms. The fourth-order valence-electron chi connectivity index (χ4n) is 1.28. The van der Waals surface area contributed by atoms with E-state index in [9.17, 15) is 4.39 Å². The number of hydrogen-bond donors (Lipinski definition) is 0. The monoisotopic (exact) mass is 244 g/mol. The van der Waals surface area contributed by atoms with Gasteiger partial charge in [-0.1, -0.05) is 12.1 Å². The van der Waals surface area contributed by atoms with Crippen LogP contribution in [0.15, 0.2) is 23.8 Å². The van der Waals surface area contributed by atoms with Crippen molar-refractivity contribution >= 4 is 6.08 Å². The number of ether oxygens (including phenoxy) is 1. The van der Waals surface area contributed by atoms with Gasteiger partial charge in [-0.2, -0.15) is 10.5 Å². The van der Waals surface area contributed by atoms with Gasteiger partial charge in [0, 0.05) is 5.56 Å². The average molecular weight is 244 g/mol. The summed E-state index contributed by atoms with van der Waals surface area (Å²) in [4.78, 5) is 0. The maximum absolute atomic E-state index is 13.7. The van der Waals surface area contributed by atoms with Crippen LogP contribution in [0.5, 0.6) is 0 Å². The molecule has 0 saturated heterocycles. The Hall–Kier alpha value is -2.17. The molecule has 0 bridgehead atoms. The van der Waals surface area contributed by atoms with Gasteiger partial charge in [0.1, 0.15) is 23.5 Å². The molecule has 18 heavy (non-hydrogen) atoms. The molecular weight excluding hydrogens is 231 g/mol. The Morgan fingerprint density at radius 1 is 1.39 bits per heavy atom. The third-order valence-corrected chi connectivity index (χ3v) is 2.20. The minimum absolute atomic E-state index is 0.0350. The molecule has 0 aromatic heterocycles. The quantitative estimate of drug-likeness (QED) is 0.764. The minimum Gasteiger partial charge on any atom is -0.374 e. The molecule has 0 amide bonds. The van der Waals surface area contributed by atoms with Crippen LogP contribution in [0.2, 0.25) is 0 Å². The van der Waals surface area contributed by atoms with Crippen molar-refractivity contribution in [2.75, 3.05) is 0 Å². The SMILES string of the molecule is CC(C)OCc1ccc(C=C(C#N)C#N)cc1F. The van der Waals surface area contributed by atoms with E-state index in [1.54, 1.807) is 24.3 Å². The summed E-state index contributed by atoms with van der Waals surface area (Å²) in [6, 6.07) is 7.98. The number of nitriles is 2. The van der Waals surface area contributed by atoms with Crippen LogP contribution in [0.1, 0.15) is 25.0 Å². The van der Waals surface area contributed by atoms with E-state index in [4.69, 9.17) is 15.3 Å². The Morgan fingerprint density at radius 2 is 2.06 bits per heavy atom. The molecule has 3 nitrogen and oxygen atoms in total. The second-order valence-electron chi connectivity index (χ2n) is 3.99. The van der Waals surface area contributed by atoms with Crippen molar-refractivity contribution in [3.05, 3.63) is 40.7 Å². The molecule has 0 radical (unpaired) electrons. The topological polar surface area (TPSA) is 56.8 Å². The molecule has 0 aliphatic heterocycles. The van der Waals surface area contributed by atoms with Crippen LogP contribution in [0.4, 0.5) is 4.39 Å². The van der Waals surface area contributed by atoms with Crippen molar-refractivity contribution in [2.45, 2.75) is 26.6 Å². The van der Waals surface area contributed by atoms with Gasteiger partial charge in [-0.25, -0.2) is 4.39 Å². The number of rotatable bonds is 4. The Balaban J connectivity index is 2.90. The number of nitrogens with zero attached hydrogens (tertiary/aromatic N) is 2. The van der Waals surface area contributed by atoms with Gasteiger partial charge in [-0.05, 0) is 31.6 Å². The third kappa shape index (κ3) is 4.01. The third-order valence-electron chi connectivity index (χ3n) is 2.20. The van der Waals surface area contributed by atoms with Crippen molar-refractivity contribution < 1.29 is 9.13 Å². The van der Waals surface area contributed by atoms with Crippen LogP contribution in [-0.4, -0.2) is 6.10 Å². The van der Waals surface area contributed by atoms with Gasteiger partial charge in [0.2, 0.25) is 0 Å². The molecule has 0 N–H and O–H groups in total. The first-order valence-corrected chi connectivity index (χ1v) is 5.48. The van der Waals surface area contributed by atoms with Gasteiger partial charge in [-0.15, -0.1) is 0 Å². The van der Waals surface area contributed by atoms with E-state index in [-0.39, 0.29) is 18.3 Å². The summed E-state index contributed by atoms with van der Waals surface area (Å²) in [6.45, 7) is 3.96. The lowest BCUT2D eigenvalue weighted by atomic mass is 10.1. The molecule has 0 heterocycles. The Kier molecular flexibility index (Phi) is 5.05. The highest BCUT2D eigenvalue weighted by atomic mass is 19.1. The summed E-state index contributed by atoms with van der Waals surface area (Å²) in [5.41, 5.74) is 0.885. The van der Waals surface area contributed by atoms with Crippen LogP contribution in [0.3, 0.4) is 0 Å². The number of allylic oxidation sites excluding steroid dienone is 1. The second-order valence-corrected chi connectivity index (χ2v) is 3.99. The van der Waals surface area contributed by atoms with E-state index in [0.29, 0.717) is 11.1 Å². The molecular formula is C14H13FN2O. The lowest BCUT2D eigenvalue weighted by molar-refractivity contribution is 0.0639. The molecule has 0 aliphatic carbocycles. The maximum atomic E-state index is 13.7. The van der Waals surface area contributed by atoms with Gasteiger partial charge in [-0.3, -0.25) is 0 Å². The largest absolute Gasteiger partial charge is 0.374 e.